The second kappa shape index (κ2) is 5.02. The van der Waals surface area contributed by atoms with Crippen molar-refractivity contribution in [1.29, 1.82) is 0 Å². The highest BCUT2D eigenvalue weighted by Crippen LogP contribution is 2.37. The van der Waals surface area contributed by atoms with Crippen LogP contribution in [0.25, 0.3) is 5.57 Å². The summed E-state index contributed by atoms with van der Waals surface area (Å²) in [6.07, 6.45) is 4.42. The van der Waals surface area contributed by atoms with Crippen LogP contribution in [0.3, 0.4) is 0 Å². The van der Waals surface area contributed by atoms with Crippen LogP contribution in [0.5, 0.6) is 0 Å². The highest BCUT2D eigenvalue weighted by molar-refractivity contribution is 9.10. The first-order valence-corrected chi connectivity index (χ1v) is 6.72. The van der Waals surface area contributed by atoms with Gasteiger partial charge < -0.3 is 5.32 Å². The number of carbonyl (C=O) groups excluding carboxylic acids is 2. The van der Waals surface area contributed by atoms with Crippen molar-refractivity contribution in [2.45, 2.75) is 0 Å². The zero-order valence-electron chi connectivity index (χ0n) is 10.3. The quantitative estimate of drug-likeness (QED) is 0.680. The second-order valence-electron chi connectivity index (χ2n) is 4.28. The van der Waals surface area contributed by atoms with Crippen molar-refractivity contribution in [1.82, 2.24) is 4.98 Å². The van der Waals surface area contributed by atoms with Gasteiger partial charge >= 0.3 is 0 Å². The van der Waals surface area contributed by atoms with E-state index in [1.807, 2.05) is 12.1 Å². The van der Waals surface area contributed by atoms with E-state index in [9.17, 15) is 9.59 Å². The molecule has 20 heavy (non-hydrogen) atoms. The van der Waals surface area contributed by atoms with Crippen LogP contribution in [-0.2, 0) is 4.79 Å². The van der Waals surface area contributed by atoms with E-state index < -0.39 is 0 Å². The highest BCUT2D eigenvalue weighted by Gasteiger charge is 2.27. The Morgan fingerprint density at radius 3 is 2.85 bits per heavy atom. The lowest BCUT2D eigenvalue weighted by molar-refractivity contribution is -0.110. The monoisotopic (exact) mass is 328 g/mol. The third-order valence-corrected chi connectivity index (χ3v) is 3.66. The first kappa shape index (κ1) is 12.7. The molecule has 5 heteroatoms. The van der Waals surface area contributed by atoms with Crippen molar-refractivity contribution in [3.8, 4) is 0 Å². The molecule has 1 aromatic heterocycles. The van der Waals surface area contributed by atoms with Crippen LogP contribution in [0.1, 0.15) is 15.9 Å². The van der Waals surface area contributed by atoms with E-state index in [0.29, 0.717) is 16.8 Å². The van der Waals surface area contributed by atoms with Crippen LogP contribution in [-0.4, -0.2) is 16.7 Å². The molecule has 1 N–H and O–H groups in total. The van der Waals surface area contributed by atoms with Gasteiger partial charge in [0.15, 0.2) is 5.78 Å². The number of ketones is 1. The molecular weight excluding hydrogens is 320 g/mol. The predicted molar refractivity (Wildman–Crippen MR) is 79.3 cm³/mol. The van der Waals surface area contributed by atoms with Gasteiger partial charge in [0.2, 0.25) is 0 Å². The maximum Gasteiger partial charge on any atom is 0.256 e. The Morgan fingerprint density at radius 2 is 2.10 bits per heavy atom. The number of carbonyl (C=O) groups is 2. The minimum atomic E-state index is -0.274. The average molecular weight is 329 g/mol. The molecule has 0 bridgehead atoms. The van der Waals surface area contributed by atoms with Crippen LogP contribution in [0, 0.1) is 0 Å². The largest absolute Gasteiger partial charge is 0.321 e. The van der Waals surface area contributed by atoms with E-state index in [1.54, 1.807) is 24.4 Å². The molecule has 0 fully saturated rings. The number of nitrogens with one attached hydrogen (secondary N) is 1. The third-order valence-electron chi connectivity index (χ3n) is 3.00. The van der Waals surface area contributed by atoms with Gasteiger partial charge in [-0.05, 0) is 30.3 Å². The Bertz CT molecular complexity index is 739. The summed E-state index contributed by atoms with van der Waals surface area (Å²) in [5.41, 5.74) is 2.24. The lowest BCUT2D eigenvalue weighted by Crippen LogP contribution is -2.06. The normalized spacial score (nSPS) is 15.1. The average Bonchev–Trinajstić information content (AvgIpc) is 2.77. The van der Waals surface area contributed by atoms with Crippen molar-refractivity contribution < 1.29 is 9.59 Å². The number of halogens is 1. The molecule has 3 rings (SSSR count). The van der Waals surface area contributed by atoms with E-state index in [4.69, 9.17) is 0 Å². The number of nitrogens with zero attached hydrogens (tertiary/aromatic N) is 1. The summed E-state index contributed by atoms with van der Waals surface area (Å²) in [6, 6.07) is 8.81. The lowest BCUT2D eigenvalue weighted by atomic mass is 10.0. The molecule has 0 unspecified atom stereocenters. The maximum atomic E-state index is 12.2. The Balaban J connectivity index is 2.06. The zero-order valence-corrected chi connectivity index (χ0v) is 11.8. The summed E-state index contributed by atoms with van der Waals surface area (Å²) >= 11 is 3.40. The predicted octanol–water partition coefficient (Wildman–Crippen LogP) is 3.06. The second-order valence-corrected chi connectivity index (χ2v) is 5.13. The Hall–Kier alpha value is -2.27. The molecule has 2 aromatic rings. The standard InChI is InChI=1S/C15H9BrN2O2/c16-11-4-1-5-12-14(11)10(15(20)18-12)7-13(19)9-3-2-6-17-8-9/h1-8H,(H,18,20). The van der Waals surface area contributed by atoms with E-state index in [-0.39, 0.29) is 11.7 Å². The molecule has 0 spiro atoms. The Morgan fingerprint density at radius 1 is 1.25 bits per heavy atom. The van der Waals surface area contributed by atoms with Gasteiger partial charge in [-0.25, -0.2) is 0 Å². The number of allylic oxidation sites excluding steroid dienone is 1. The van der Waals surface area contributed by atoms with Crippen molar-refractivity contribution in [2.75, 3.05) is 5.32 Å². The Labute approximate surface area is 123 Å². The van der Waals surface area contributed by atoms with Gasteiger partial charge in [-0.2, -0.15) is 0 Å². The van der Waals surface area contributed by atoms with Crippen LogP contribution < -0.4 is 5.32 Å². The smallest absolute Gasteiger partial charge is 0.256 e. The van der Waals surface area contributed by atoms with Gasteiger partial charge in [-0.1, -0.05) is 22.0 Å². The molecule has 1 aliphatic rings. The van der Waals surface area contributed by atoms with Gasteiger partial charge in [-0.3, -0.25) is 14.6 Å². The van der Waals surface area contributed by atoms with E-state index >= 15 is 0 Å². The fraction of sp³-hybridized carbons (Fsp3) is 0. The summed E-state index contributed by atoms with van der Waals surface area (Å²) < 4.78 is 0.776. The molecule has 98 valence electrons. The molecule has 4 nitrogen and oxygen atoms in total. The lowest BCUT2D eigenvalue weighted by Gasteiger charge is -2.01. The van der Waals surface area contributed by atoms with Crippen LogP contribution in [0.4, 0.5) is 5.69 Å². The zero-order chi connectivity index (χ0) is 14.1. The summed E-state index contributed by atoms with van der Waals surface area (Å²) in [6.45, 7) is 0. The molecule has 0 radical (unpaired) electrons. The number of aromatic nitrogens is 1. The molecule has 2 heterocycles. The summed E-state index contributed by atoms with van der Waals surface area (Å²) in [7, 11) is 0. The number of hydrogen-bond donors (Lipinski definition) is 1. The number of fused-ring (bicyclic) bond motifs is 1. The van der Waals surface area contributed by atoms with Gasteiger partial charge in [0.1, 0.15) is 0 Å². The minimum Gasteiger partial charge on any atom is -0.321 e. The highest BCUT2D eigenvalue weighted by atomic mass is 79.9. The molecule has 0 saturated heterocycles. The molecule has 1 aliphatic heterocycles. The number of anilines is 1. The van der Waals surface area contributed by atoms with Crippen LogP contribution >= 0.6 is 15.9 Å². The fourth-order valence-electron chi connectivity index (χ4n) is 2.07. The van der Waals surface area contributed by atoms with Crippen molar-refractivity contribution >= 4 is 38.9 Å². The number of benzene rings is 1. The van der Waals surface area contributed by atoms with Crippen molar-refractivity contribution in [3.63, 3.8) is 0 Å². The van der Waals surface area contributed by atoms with Gasteiger partial charge in [0, 0.05) is 28.0 Å². The van der Waals surface area contributed by atoms with Crippen molar-refractivity contribution in [2.24, 2.45) is 0 Å². The SMILES string of the molecule is O=C1Nc2cccc(Br)c2C1=CC(=O)c1cccnc1. The topological polar surface area (TPSA) is 59.1 Å². The summed E-state index contributed by atoms with van der Waals surface area (Å²) in [4.78, 5) is 28.0. The molecule has 1 amide bonds. The van der Waals surface area contributed by atoms with Gasteiger partial charge in [0.25, 0.3) is 5.91 Å². The molecule has 1 aromatic carbocycles. The van der Waals surface area contributed by atoms with Crippen LogP contribution in [0.15, 0.2) is 53.3 Å². The first-order valence-electron chi connectivity index (χ1n) is 5.93. The van der Waals surface area contributed by atoms with E-state index in [0.717, 1.165) is 10.0 Å². The number of rotatable bonds is 2. The number of pyridine rings is 1. The van der Waals surface area contributed by atoms with Gasteiger partial charge in [-0.15, -0.1) is 0 Å². The fourth-order valence-corrected chi connectivity index (χ4v) is 2.65. The molecule has 0 saturated carbocycles. The molecule has 0 atom stereocenters. The summed E-state index contributed by atoms with van der Waals surface area (Å²) in [5.74, 6) is -0.518. The number of amides is 1. The van der Waals surface area contributed by atoms with E-state index in [2.05, 4.69) is 26.2 Å². The molecular formula is C15H9BrN2O2. The third kappa shape index (κ3) is 2.16. The maximum absolute atomic E-state index is 12.2. The Kier molecular flexibility index (Phi) is 3.20. The molecule has 0 aliphatic carbocycles. The van der Waals surface area contributed by atoms with Crippen molar-refractivity contribution in [3.05, 3.63) is 64.4 Å². The first-order chi connectivity index (χ1) is 9.66. The van der Waals surface area contributed by atoms with Crippen LogP contribution in [0.2, 0.25) is 0 Å². The minimum absolute atomic E-state index is 0.244. The van der Waals surface area contributed by atoms with Gasteiger partial charge in [0.05, 0.1) is 11.3 Å². The number of hydrogen-bond acceptors (Lipinski definition) is 3. The summed E-state index contributed by atoms with van der Waals surface area (Å²) in [5, 5.41) is 2.74. The van der Waals surface area contributed by atoms with E-state index in [1.165, 1.54) is 12.3 Å².